The Kier molecular flexibility index (Phi) is 7.31. The molecule has 5 nitrogen and oxygen atoms in total. The Labute approximate surface area is 200 Å². The third-order valence-electron chi connectivity index (χ3n) is 4.60. The Balaban J connectivity index is 1.84. The number of hydrogen-bond acceptors (Lipinski definition) is 3. The van der Waals surface area contributed by atoms with Gasteiger partial charge in [-0.2, -0.15) is 0 Å². The summed E-state index contributed by atoms with van der Waals surface area (Å²) in [6.07, 6.45) is 1.11. The Morgan fingerprint density at radius 3 is 2.19 bits per heavy atom. The molecule has 0 saturated heterocycles. The third-order valence-corrected chi connectivity index (χ3v) is 7.34. The zero-order chi connectivity index (χ0) is 22.8. The maximum absolute atomic E-state index is 12.6. The number of carbonyl (C=O) groups is 1. The molecule has 0 atom stereocenters. The predicted molar refractivity (Wildman–Crippen MR) is 131 cm³/mol. The van der Waals surface area contributed by atoms with E-state index in [1.54, 1.807) is 48.5 Å². The van der Waals surface area contributed by atoms with Crippen molar-refractivity contribution >= 4 is 66.4 Å². The molecular weight excluding hydrogens is 523 g/mol. The minimum Gasteiger partial charge on any atom is -0.322 e. The van der Waals surface area contributed by atoms with E-state index in [4.69, 9.17) is 23.2 Å². The zero-order valence-electron chi connectivity index (χ0n) is 16.7. The van der Waals surface area contributed by atoms with Crippen LogP contribution >= 0.6 is 39.1 Å². The van der Waals surface area contributed by atoms with E-state index in [2.05, 4.69) is 21.2 Å². The number of hydrogen-bond donors (Lipinski definition) is 1. The van der Waals surface area contributed by atoms with E-state index in [1.165, 1.54) is 4.31 Å². The first kappa shape index (κ1) is 23.6. The number of nitrogens with one attached hydrogen (secondary N) is 1. The topological polar surface area (TPSA) is 66.5 Å². The van der Waals surface area contributed by atoms with Gasteiger partial charge in [-0.1, -0.05) is 45.2 Å². The lowest BCUT2D eigenvalue weighted by Crippen LogP contribution is -2.29. The predicted octanol–water partition coefficient (Wildman–Crippen LogP) is 6.28. The SMILES string of the molecule is Cc1cc(NC(=O)c2ccc(N(Cc3c(Cl)cccc3Cl)S(C)(=O)=O)cc2)ccc1Br. The van der Waals surface area contributed by atoms with E-state index in [9.17, 15) is 13.2 Å². The molecule has 0 heterocycles. The molecule has 0 saturated carbocycles. The minimum atomic E-state index is -3.63. The number of rotatable bonds is 6. The molecule has 0 spiro atoms. The summed E-state index contributed by atoms with van der Waals surface area (Å²) in [7, 11) is -3.63. The van der Waals surface area contributed by atoms with Crippen LogP contribution in [0, 0.1) is 6.92 Å². The molecule has 3 aromatic rings. The molecule has 162 valence electrons. The van der Waals surface area contributed by atoms with Gasteiger partial charge in [-0.15, -0.1) is 0 Å². The van der Waals surface area contributed by atoms with Crippen LogP contribution in [0.25, 0.3) is 0 Å². The van der Waals surface area contributed by atoms with E-state index < -0.39 is 10.0 Å². The summed E-state index contributed by atoms with van der Waals surface area (Å²) >= 11 is 15.9. The fraction of sp³-hybridized carbons (Fsp3) is 0.136. The van der Waals surface area contributed by atoms with Crippen molar-refractivity contribution in [1.29, 1.82) is 0 Å². The number of anilines is 2. The molecule has 1 N–H and O–H groups in total. The number of amides is 1. The lowest BCUT2D eigenvalue weighted by Gasteiger charge is -2.23. The number of carbonyl (C=O) groups excluding carboxylic acids is 1. The molecule has 1 amide bonds. The molecule has 3 aromatic carbocycles. The highest BCUT2D eigenvalue weighted by molar-refractivity contribution is 9.10. The van der Waals surface area contributed by atoms with Gasteiger partial charge in [0.15, 0.2) is 0 Å². The van der Waals surface area contributed by atoms with Crippen molar-refractivity contribution in [3.05, 3.63) is 91.9 Å². The van der Waals surface area contributed by atoms with Crippen molar-refractivity contribution in [2.45, 2.75) is 13.5 Å². The first-order valence-corrected chi connectivity index (χ1v) is 12.5. The first-order valence-electron chi connectivity index (χ1n) is 9.14. The maximum Gasteiger partial charge on any atom is 0.255 e. The van der Waals surface area contributed by atoms with Crippen LogP contribution < -0.4 is 9.62 Å². The number of sulfonamides is 1. The van der Waals surface area contributed by atoms with Gasteiger partial charge in [0.05, 0.1) is 18.5 Å². The van der Waals surface area contributed by atoms with Crippen molar-refractivity contribution < 1.29 is 13.2 Å². The highest BCUT2D eigenvalue weighted by Gasteiger charge is 2.21. The molecule has 0 aliphatic rings. The van der Waals surface area contributed by atoms with E-state index in [1.807, 2.05) is 19.1 Å². The molecule has 0 unspecified atom stereocenters. The van der Waals surface area contributed by atoms with Crippen LogP contribution in [0.3, 0.4) is 0 Å². The van der Waals surface area contributed by atoms with E-state index in [0.717, 1.165) is 16.3 Å². The van der Waals surface area contributed by atoms with Crippen LogP contribution in [0.4, 0.5) is 11.4 Å². The highest BCUT2D eigenvalue weighted by Crippen LogP contribution is 2.29. The quantitative estimate of drug-likeness (QED) is 0.399. The zero-order valence-corrected chi connectivity index (χ0v) is 20.6. The molecule has 0 aliphatic heterocycles. The summed E-state index contributed by atoms with van der Waals surface area (Å²) < 4.78 is 27.0. The summed E-state index contributed by atoms with van der Waals surface area (Å²) in [5.74, 6) is -0.298. The summed E-state index contributed by atoms with van der Waals surface area (Å²) in [4.78, 5) is 12.6. The van der Waals surface area contributed by atoms with Crippen molar-refractivity contribution in [1.82, 2.24) is 0 Å². The van der Waals surface area contributed by atoms with Gasteiger partial charge in [0.2, 0.25) is 10.0 Å². The van der Waals surface area contributed by atoms with Crippen LogP contribution in [-0.4, -0.2) is 20.6 Å². The van der Waals surface area contributed by atoms with Crippen LogP contribution in [0.1, 0.15) is 21.5 Å². The second-order valence-corrected chi connectivity index (χ2v) is 10.5. The molecule has 0 fully saturated rings. The number of aryl methyl sites for hydroxylation is 1. The highest BCUT2D eigenvalue weighted by atomic mass is 79.9. The normalized spacial score (nSPS) is 11.3. The van der Waals surface area contributed by atoms with Gasteiger partial charge < -0.3 is 5.32 Å². The van der Waals surface area contributed by atoms with E-state index >= 15 is 0 Å². The van der Waals surface area contributed by atoms with Crippen molar-refractivity contribution in [2.24, 2.45) is 0 Å². The summed E-state index contributed by atoms with van der Waals surface area (Å²) in [6, 6.07) is 16.8. The molecule has 31 heavy (non-hydrogen) atoms. The first-order chi connectivity index (χ1) is 14.6. The maximum atomic E-state index is 12.6. The lowest BCUT2D eigenvalue weighted by atomic mass is 10.1. The fourth-order valence-electron chi connectivity index (χ4n) is 2.93. The van der Waals surface area contributed by atoms with Gasteiger partial charge in [0, 0.05) is 31.3 Å². The lowest BCUT2D eigenvalue weighted by molar-refractivity contribution is 0.102. The van der Waals surface area contributed by atoms with Gasteiger partial charge in [-0.3, -0.25) is 9.10 Å². The second kappa shape index (κ2) is 9.61. The van der Waals surface area contributed by atoms with Crippen LogP contribution in [-0.2, 0) is 16.6 Å². The Morgan fingerprint density at radius 1 is 1.03 bits per heavy atom. The Morgan fingerprint density at radius 2 is 1.65 bits per heavy atom. The molecule has 0 aliphatic carbocycles. The van der Waals surface area contributed by atoms with Gasteiger partial charge in [-0.05, 0) is 67.1 Å². The van der Waals surface area contributed by atoms with Crippen LogP contribution in [0.5, 0.6) is 0 Å². The van der Waals surface area contributed by atoms with E-state index in [-0.39, 0.29) is 12.5 Å². The molecule has 0 aromatic heterocycles. The molecular formula is C22H19BrCl2N2O3S. The average molecular weight is 542 g/mol. The largest absolute Gasteiger partial charge is 0.322 e. The van der Waals surface area contributed by atoms with Crippen molar-refractivity contribution in [2.75, 3.05) is 15.9 Å². The molecule has 0 radical (unpaired) electrons. The van der Waals surface area contributed by atoms with Crippen LogP contribution in [0.15, 0.2) is 65.1 Å². The molecule has 9 heteroatoms. The standard InChI is InChI=1S/C22H19BrCl2N2O3S/c1-14-12-16(8-11-19(14)23)26-22(28)15-6-9-17(10-7-15)27(31(2,29)30)13-18-20(24)4-3-5-21(18)25/h3-12H,13H2,1-2H3,(H,26,28). The summed E-state index contributed by atoms with van der Waals surface area (Å²) in [5.41, 5.74) is 2.96. The monoisotopic (exact) mass is 540 g/mol. The summed E-state index contributed by atoms with van der Waals surface area (Å²) in [6.45, 7) is 1.90. The Hall–Kier alpha value is -2.06. The minimum absolute atomic E-state index is 0.0267. The fourth-order valence-corrected chi connectivity index (χ4v) is 4.56. The number of benzene rings is 3. The molecule has 0 bridgehead atoms. The van der Waals surface area contributed by atoms with Gasteiger partial charge in [0.25, 0.3) is 5.91 Å². The third kappa shape index (κ3) is 5.80. The van der Waals surface area contributed by atoms with Crippen LogP contribution in [0.2, 0.25) is 10.0 Å². The smallest absolute Gasteiger partial charge is 0.255 e. The van der Waals surface area contributed by atoms with Gasteiger partial charge >= 0.3 is 0 Å². The second-order valence-electron chi connectivity index (χ2n) is 6.93. The number of halogens is 3. The van der Waals surface area contributed by atoms with Crippen molar-refractivity contribution in [3.63, 3.8) is 0 Å². The molecule has 3 rings (SSSR count). The average Bonchev–Trinajstić information content (AvgIpc) is 2.70. The Bertz CT molecular complexity index is 1210. The van der Waals surface area contributed by atoms with Gasteiger partial charge in [0.1, 0.15) is 0 Å². The number of nitrogens with zero attached hydrogens (tertiary/aromatic N) is 1. The summed E-state index contributed by atoms with van der Waals surface area (Å²) in [5, 5.41) is 3.59. The van der Waals surface area contributed by atoms with Gasteiger partial charge in [-0.25, -0.2) is 8.42 Å². The van der Waals surface area contributed by atoms with Crippen molar-refractivity contribution in [3.8, 4) is 0 Å². The van der Waals surface area contributed by atoms with E-state index in [0.29, 0.717) is 32.5 Å².